The van der Waals surface area contributed by atoms with E-state index in [0.717, 1.165) is 0 Å². The van der Waals surface area contributed by atoms with E-state index in [1.165, 1.54) is 24.7 Å². The third kappa shape index (κ3) is 4.17. The molecule has 13 heteroatoms. The van der Waals surface area contributed by atoms with Crippen LogP contribution in [0, 0.1) is 0 Å². The number of fused-ring (bicyclic) bond motifs is 1. The number of carbonyl (C=O) groups excluding carboxylic acids is 2. The fraction of sp³-hybridized carbons (Fsp3) is 0.533. The molecule has 1 aliphatic heterocycles. The first-order chi connectivity index (χ1) is 13.1. The van der Waals surface area contributed by atoms with Gasteiger partial charge in [-0.3, -0.25) is 14.2 Å². The lowest BCUT2D eigenvalue weighted by molar-refractivity contribution is -0.155. The predicted molar refractivity (Wildman–Crippen MR) is 86.0 cm³/mol. The summed E-state index contributed by atoms with van der Waals surface area (Å²) in [5.74, 6) is -2.56. The van der Waals surface area contributed by atoms with Crippen molar-refractivity contribution in [2.75, 3.05) is 6.61 Å². The number of hydrogen-bond acceptors (Lipinski definition) is 8. The second-order valence-electron chi connectivity index (χ2n) is 5.98. The summed E-state index contributed by atoms with van der Waals surface area (Å²) in [6.07, 6.45) is -5.98. The molecule has 0 N–H and O–H groups in total. The van der Waals surface area contributed by atoms with E-state index >= 15 is 0 Å². The monoisotopic (exact) mass is 422 g/mol. The molecule has 0 amide bonds. The number of carbonyl (C=O) groups is 2. The van der Waals surface area contributed by atoms with Gasteiger partial charge in [0.2, 0.25) is 5.82 Å². The summed E-state index contributed by atoms with van der Waals surface area (Å²) >= 11 is 5.80. The average molecular weight is 423 g/mol. The van der Waals surface area contributed by atoms with Crippen LogP contribution in [0.15, 0.2) is 6.33 Å². The van der Waals surface area contributed by atoms with Crippen LogP contribution in [0.5, 0.6) is 0 Å². The topological polar surface area (TPSA) is 105 Å². The largest absolute Gasteiger partial charge is 0.463 e. The van der Waals surface area contributed by atoms with Gasteiger partial charge in [-0.15, -0.1) is 0 Å². The van der Waals surface area contributed by atoms with Crippen LogP contribution in [0.25, 0.3) is 11.2 Å². The molecule has 3 rings (SSSR count). The van der Waals surface area contributed by atoms with Crippen molar-refractivity contribution < 1.29 is 37.0 Å². The molecule has 1 aliphatic rings. The highest BCUT2D eigenvalue weighted by atomic mass is 35.5. The van der Waals surface area contributed by atoms with E-state index < -0.39 is 47.5 Å². The number of halogens is 4. The summed E-state index contributed by atoms with van der Waals surface area (Å²) in [4.78, 5) is 33.0. The van der Waals surface area contributed by atoms with Gasteiger partial charge in [0.1, 0.15) is 30.6 Å². The first-order valence-electron chi connectivity index (χ1n) is 7.99. The molecule has 3 atom stereocenters. The van der Waals surface area contributed by atoms with Crippen LogP contribution in [0.4, 0.5) is 13.2 Å². The number of ether oxygens (including phenoxy) is 3. The standard InChI is InChI=1S/C15H14ClF3N4O5/c1-6(24)26-4-9-8(27-7(2)25)3-10(28-9)23-5-20-11-12(16)21-14(15(17,18)19)22-13(11)23/h5,8-10H,3-4H2,1-2H3/t8-,9+,10?/m0/s1. The van der Waals surface area contributed by atoms with E-state index in [4.69, 9.17) is 25.8 Å². The van der Waals surface area contributed by atoms with Gasteiger partial charge in [0, 0.05) is 20.3 Å². The highest BCUT2D eigenvalue weighted by Crippen LogP contribution is 2.35. The minimum atomic E-state index is -4.80. The van der Waals surface area contributed by atoms with E-state index in [1.54, 1.807) is 0 Å². The molecule has 1 saturated heterocycles. The lowest BCUT2D eigenvalue weighted by atomic mass is 10.2. The van der Waals surface area contributed by atoms with Crippen molar-refractivity contribution in [1.29, 1.82) is 0 Å². The summed E-state index contributed by atoms with van der Waals surface area (Å²) in [5.41, 5.74) is -0.224. The third-order valence-electron chi connectivity index (χ3n) is 3.89. The van der Waals surface area contributed by atoms with Gasteiger partial charge < -0.3 is 14.2 Å². The van der Waals surface area contributed by atoms with E-state index in [0.29, 0.717) is 0 Å². The van der Waals surface area contributed by atoms with Gasteiger partial charge in [-0.2, -0.15) is 13.2 Å². The zero-order valence-corrected chi connectivity index (χ0v) is 15.3. The number of imidazole rings is 1. The number of esters is 2. The van der Waals surface area contributed by atoms with Crippen molar-refractivity contribution in [1.82, 2.24) is 19.5 Å². The van der Waals surface area contributed by atoms with Crippen LogP contribution in [0.1, 0.15) is 32.3 Å². The molecule has 3 heterocycles. The Kier molecular flexibility index (Phi) is 5.44. The zero-order valence-electron chi connectivity index (χ0n) is 14.6. The van der Waals surface area contributed by atoms with E-state index in [1.807, 2.05) is 0 Å². The molecule has 0 radical (unpaired) electrons. The van der Waals surface area contributed by atoms with Gasteiger partial charge in [-0.05, 0) is 0 Å². The molecular formula is C15H14ClF3N4O5. The predicted octanol–water partition coefficient (Wildman–Crippen LogP) is 2.28. The normalized spacial score (nSPS) is 22.4. The zero-order chi connectivity index (χ0) is 20.6. The quantitative estimate of drug-likeness (QED) is 0.546. The van der Waals surface area contributed by atoms with Gasteiger partial charge >= 0.3 is 18.1 Å². The van der Waals surface area contributed by atoms with Crippen LogP contribution < -0.4 is 0 Å². The van der Waals surface area contributed by atoms with Crippen LogP contribution in [-0.2, 0) is 30.0 Å². The van der Waals surface area contributed by atoms with Gasteiger partial charge in [-0.25, -0.2) is 15.0 Å². The number of nitrogens with zero attached hydrogens (tertiary/aromatic N) is 4. The summed E-state index contributed by atoms with van der Waals surface area (Å²) in [6.45, 7) is 2.21. The Balaban J connectivity index is 1.94. The van der Waals surface area contributed by atoms with E-state index in [-0.39, 0.29) is 24.2 Å². The van der Waals surface area contributed by atoms with Gasteiger partial charge in [0.05, 0.1) is 6.33 Å². The Labute approximate surface area is 160 Å². The fourth-order valence-electron chi connectivity index (χ4n) is 2.78. The Bertz CT molecular complexity index is 919. The molecule has 28 heavy (non-hydrogen) atoms. The Morgan fingerprint density at radius 3 is 2.64 bits per heavy atom. The maximum atomic E-state index is 13.0. The second-order valence-corrected chi connectivity index (χ2v) is 6.33. The molecule has 1 unspecified atom stereocenters. The van der Waals surface area contributed by atoms with Crippen molar-refractivity contribution in [3.05, 3.63) is 17.3 Å². The lowest BCUT2D eigenvalue weighted by Gasteiger charge is -2.17. The van der Waals surface area contributed by atoms with Crippen molar-refractivity contribution in [2.24, 2.45) is 0 Å². The van der Waals surface area contributed by atoms with Crippen LogP contribution >= 0.6 is 11.6 Å². The molecular weight excluding hydrogens is 409 g/mol. The number of rotatable bonds is 4. The number of aromatic nitrogens is 4. The van der Waals surface area contributed by atoms with E-state index in [2.05, 4.69) is 15.0 Å². The first-order valence-corrected chi connectivity index (χ1v) is 8.37. The van der Waals surface area contributed by atoms with Gasteiger partial charge in [0.25, 0.3) is 0 Å². The molecule has 0 spiro atoms. The molecule has 152 valence electrons. The maximum absolute atomic E-state index is 13.0. The molecule has 0 saturated carbocycles. The second kappa shape index (κ2) is 7.51. The van der Waals surface area contributed by atoms with Crippen LogP contribution in [0.2, 0.25) is 5.15 Å². The highest BCUT2D eigenvalue weighted by Gasteiger charge is 2.41. The van der Waals surface area contributed by atoms with Crippen LogP contribution in [-0.4, -0.2) is 50.3 Å². The fourth-order valence-corrected chi connectivity index (χ4v) is 2.99. The molecule has 2 aromatic heterocycles. The lowest BCUT2D eigenvalue weighted by Crippen LogP contribution is -2.31. The molecule has 1 fully saturated rings. The number of hydrogen-bond donors (Lipinski definition) is 0. The smallest absolute Gasteiger partial charge is 0.451 e. The Morgan fingerprint density at radius 1 is 1.32 bits per heavy atom. The maximum Gasteiger partial charge on any atom is 0.451 e. The molecule has 2 aromatic rings. The number of alkyl halides is 3. The summed E-state index contributed by atoms with van der Waals surface area (Å²) in [6, 6.07) is 0. The van der Waals surface area contributed by atoms with Gasteiger partial charge in [-0.1, -0.05) is 11.6 Å². The first kappa shape index (κ1) is 20.3. The highest BCUT2D eigenvalue weighted by molar-refractivity contribution is 6.33. The minimum Gasteiger partial charge on any atom is -0.463 e. The van der Waals surface area contributed by atoms with Gasteiger partial charge in [0.15, 0.2) is 10.8 Å². The third-order valence-corrected chi connectivity index (χ3v) is 4.15. The Hall–Kier alpha value is -2.47. The van der Waals surface area contributed by atoms with E-state index in [9.17, 15) is 22.8 Å². The van der Waals surface area contributed by atoms with Crippen LogP contribution in [0.3, 0.4) is 0 Å². The summed E-state index contributed by atoms with van der Waals surface area (Å²) in [5, 5.41) is -0.456. The van der Waals surface area contributed by atoms with Crippen molar-refractivity contribution in [2.45, 2.75) is 44.9 Å². The Morgan fingerprint density at radius 2 is 2.04 bits per heavy atom. The summed E-state index contributed by atoms with van der Waals surface area (Å²) < 4.78 is 56.0. The molecule has 0 aromatic carbocycles. The van der Waals surface area contributed by atoms with Crippen molar-refractivity contribution >= 4 is 34.7 Å². The average Bonchev–Trinajstić information content (AvgIpc) is 3.15. The minimum absolute atomic E-state index is 0.0364. The van der Waals surface area contributed by atoms with Crippen molar-refractivity contribution in [3.63, 3.8) is 0 Å². The molecule has 9 nitrogen and oxygen atoms in total. The SMILES string of the molecule is CC(=O)OC[C@H]1OC(n2cnc3c(Cl)nc(C(F)(F)F)nc32)C[C@@H]1OC(C)=O. The summed E-state index contributed by atoms with van der Waals surface area (Å²) in [7, 11) is 0. The molecule has 0 bridgehead atoms. The van der Waals surface area contributed by atoms with Crippen molar-refractivity contribution in [3.8, 4) is 0 Å². The molecule has 0 aliphatic carbocycles.